The van der Waals surface area contributed by atoms with Crippen LogP contribution in [0, 0.1) is 18.8 Å². The SMILES string of the molecule is Cc1ccc(CC(C)C(=O)N2CCC[C@H](C(=O)O)C2)cc1. The van der Waals surface area contributed by atoms with Gasteiger partial charge in [-0.3, -0.25) is 9.59 Å². The zero-order valence-corrected chi connectivity index (χ0v) is 12.7. The number of hydrogen-bond acceptors (Lipinski definition) is 2. The van der Waals surface area contributed by atoms with Gasteiger partial charge in [0, 0.05) is 19.0 Å². The molecule has 114 valence electrons. The van der Waals surface area contributed by atoms with Gasteiger partial charge in [-0.15, -0.1) is 0 Å². The number of carboxylic acids is 1. The number of carbonyl (C=O) groups excluding carboxylic acids is 1. The first kappa shape index (κ1) is 15.5. The van der Waals surface area contributed by atoms with Crippen molar-refractivity contribution in [3.63, 3.8) is 0 Å². The highest BCUT2D eigenvalue weighted by molar-refractivity contribution is 5.80. The zero-order valence-electron chi connectivity index (χ0n) is 12.7. The predicted molar refractivity (Wildman–Crippen MR) is 81.0 cm³/mol. The molecule has 1 aliphatic heterocycles. The maximum Gasteiger partial charge on any atom is 0.308 e. The minimum Gasteiger partial charge on any atom is -0.481 e. The van der Waals surface area contributed by atoms with E-state index in [4.69, 9.17) is 5.11 Å². The summed E-state index contributed by atoms with van der Waals surface area (Å²) in [5.74, 6) is -1.24. The fraction of sp³-hybridized carbons (Fsp3) is 0.529. The first-order valence-electron chi connectivity index (χ1n) is 7.54. The Morgan fingerprint density at radius 2 is 2.00 bits per heavy atom. The van der Waals surface area contributed by atoms with E-state index in [9.17, 15) is 9.59 Å². The molecule has 1 aliphatic rings. The van der Waals surface area contributed by atoms with Gasteiger partial charge in [-0.25, -0.2) is 0 Å². The minimum absolute atomic E-state index is 0.0709. The van der Waals surface area contributed by atoms with Gasteiger partial charge in [-0.2, -0.15) is 0 Å². The monoisotopic (exact) mass is 289 g/mol. The van der Waals surface area contributed by atoms with Crippen LogP contribution in [0.1, 0.15) is 30.9 Å². The number of aliphatic carboxylic acids is 1. The molecule has 4 nitrogen and oxygen atoms in total. The van der Waals surface area contributed by atoms with Gasteiger partial charge in [0.1, 0.15) is 0 Å². The Morgan fingerprint density at radius 1 is 1.33 bits per heavy atom. The molecule has 2 atom stereocenters. The van der Waals surface area contributed by atoms with Gasteiger partial charge < -0.3 is 10.0 Å². The number of carboxylic acid groups (broad SMARTS) is 1. The molecule has 4 heteroatoms. The van der Waals surface area contributed by atoms with E-state index in [1.54, 1.807) is 4.90 Å². The molecule has 21 heavy (non-hydrogen) atoms. The highest BCUT2D eigenvalue weighted by atomic mass is 16.4. The Hall–Kier alpha value is -1.84. The summed E-state index contributed by atoms with van der Waals surface area (Å²) in [6.45, 7) is 5.00. The van der Waals surface area contributed by atoms with Crippen LogP contribution in [0.2, 0.25) is 0 Å². The largest absolute Gasteiger partial charge is 0.481 e. The third kappa shape index (κ3) is 4.06. The maximum absolute atomic E-state index is 12.5. The summed E-state index contributed by atoms with van der Waals surface area (Å²) < 4.78 is 0. The Bertz CT molecular complexity index is 509. The summed E-state index contributed by atoms with van der Waals surface area (Å²) in [5, 5.41) is 9.10. The molecule has 1 amide bonds. The highest BCUT2D eigenvalue weighted by Gasteiger charge is 2.30. The van der Waals surface area contributed by atoms with Gasteiger partial charge in [0.15, 0.2) is 0 Å². The standard InChI is InChI=1S/C17H23NO3/c1-12-5-7-14(8-6-12)10-13(2)16(19)18-9-3-4-15(11-18)17(20)21/h5-8,13,15H,3-4,9-11H2,1-2H3,(H,20,21)/t13?,15-/m0/s1. The van der Waals surface area contributed by atoms with Crippen LogP contribution in [0.15, 0.2) is 24.3 Å². The van der Waals surface area contributed by atoms with Gasteiger partial charge >= 0.3 is 5.97 Å². The molecule has 1 aromatic rings. The van der Waals surface area contributed by atoms with Crippen molar-refractivity contribution in [2.24, 2.45) is 11.8 Å². The van der Waals surface area contributed by atoms with Crippen LogP contribution in [0.5, 0.6) is 0 Å². The minimum atomic E-state index is -0.793. The normalized spacial score (nSPS) is 20.1. The second-order valence-corrected chi connectivity index (χ2v) is 6.05. The smallest absolute Gasteiger partial charge is 0.308 e. The second kappa shape index (κ2) is 6.74. The molecular weight excluding hydrogens is 266 g/mol. The van der Waals surface area contributed by atoms with Crippen LogP contribution >= 0.6 is 0 Å². The molecule has 1 N–H and O–H groups in total. The quantitative estimate of drug-likeness (QED) is 0.926. The van der Waals surface area contributed by atoms with Crippen LogP contribution in [0.3, 0.4) is 0 Å². The lowest BCUT2D eigenvalue weighted by Gasteiger charge is -2.32. The van der Waals surface area contributed by atoms with E-state index in [0.29, 0.717) is 25.9 Å². The van der Waals surface area contributed by atoms with Crippen LogP contribution in [-0.4, -0.2) is 35.0 Å². The molecule has 2 rings (SSSR count). The molecule has 0 bridgehead atoms. The van der Waals surface area contributed by atoms with E-state index in [-0.39, 0.29) is 11.8 Å². The first-order valence-corrected chi connectivity index (χ1v) is 7.54. The third-order valence-corrected chi connectivity index (χ3v) is 4.17. The number of piperidine rings is 1. The number of hydrogen-bond donors (Lipinski definition) is 1. The first-order chi connectivity index (χ1) is 9.97. The third-order valence-electron chi connectivity index (χ3n) is 4.17. The number of carbonyl (C=O) groups is 2. The topological polar surface area (TPSA) is 57.6 Å². The number of likely N-dealkylation sites (tertiary alicyclic amines) is 1. The molecule has 1 fully saturated rings. The molecule has 0 spiro atoms. The second-order valence-electron chi connectivity index (χ2n) is 6.05. The van der Waals surface area contributed by atoms with E-state index in [0.717, 1.165) is 12.0 Å². The summed E-state index contributed by atoms with van der Waals surface area (Å²) in [6, 6.07) is 8.20. The highest BCUT2D eigenvalue weighted by Crippen LogP contribution is 2.20. The Balaban J connectivity index is 1.95. The summed E-state index contributed by atoms with van der Waals surface area (Å²) in [7, 11) is 0. The van der Waals surface area contributed by atoms with Crippen LogP contribution in [0.4, 0.5) is 0 Å². The molecule has 1 unspecified atom stereocenters. The van der Waals surface area contributed by atoms with E-state index in [1.807, 2.05) is 26.0 Å². The van der Waals surface area contributed by atoms with E-state index in [1.165, 1.54) is 5.56 Å². The number of nitrogens with zero attached hydrogens (tertiary/aromatic N) is 1. The Morgan fingerprint density at radius 3 is 2.62 bits per heavy atom. The van der Waals surface area contributed by atoms with Crippen molar-refractivity contribution in [1.29, 1.82) is 0 Å². The van der Waals surface area contributed by atoms with Crippen molar-refractivity contribution in [3.8, 4) is 0 Å². The number of amides is 1. The molecule has 0 aliphatic carbocycles. The lowest BCUT2D eigenvalue weighted by Crippen LogP contribution is -2.44. The van der Waals surface area contributed by atoms with Crippen molar-refractivity contribution in [2.45, 2.75) is 33.1 Å². The van der Waals surface area contributed by atoms with E-state index in [2.05, 4.69) is 12.1 Å². The Labute approximate surface area is 125 Å². The van der Waals surface area contributed by atoms with Gasteiger partial charge in [0.05, 0.1) is 5.92 Å². The molecule has 1 saturated heterocycles. The molecule has 1 heterocycles. The van der Waals surface area contributed by atoms with Gasteiger partial charge in [-0.05, 0) is 31.7 Å². The number of rotatable bonds is 4. The number of aryl methyl sites for hydroxylation is 1. The fourth-order valence-corrected chi connectivity index (χ4v) is 2.86. The van der Waals surface area contributed by atoms with Gasteiger partial charge in [-0.1, -0.05) is 36.8 Å². The summed E-state index contributed by atoms with van der Waals surface area (Å²) in [4.78, 5) is 25.3. The molecular formula is C17H23NO3. The van der Waals surface area contributed by atoms with Crippen molar-refractivity contribution in [2.75, 3.05) is 13.1 Å². The predicted octanol–water partition coefficient (Wildman–Crippen LogP) is 2.50. The van der Waals surface area contributed by atoms with Crippen LogP contribution in [-0.2, 0) is 16.0 Å². The summed E-state index contributed by atoms with van der Waals surface area (Å²) in [6.07, 6.45) is 2.15. The van der Waals surface area contributed by atoms with Gasteiger partial charge in [0.2, 0.25) is 5.91 Å². The zero-order chi connectivity index (χ0) is 15.4. The van der Waals surface area contributed by atoms with E-state index < -0.39 is 11.9 Å². The van der Waals surface area contributed by atoms with Crippen molar-refractivity contribution in [3.05, 3.63) is 35.4 Å². The fourth-order valence-electron chi connectivity index (χ4n) is 2.86. The average Bonchev–Trinajstić information content (AvgIpc) is 2.49. The lowest BCUT2D eigenvalue weighted by atomic mass is 9.94. The summed E-state index contributed by atoms with van der Waals surface area (Å²) >= 11 is 0. The van der Waals surface area contributed by atoms with Gasteiger partial charge in [0.25, 0.3) is 0 Å². The maximum atomic E-state index is 12.5. The van der Waals surface area contributed by atoms with Crippen LogP contribution in [0.25, 0.3) is 0 Å². The van der Waals surface area contributed by atoms with Crippen molar-refractivity contribution >= 4 is 11.9 Å². The molecule has 0 aromatic heterocycles. The molecule has 0 radical (unpaired) electrons. The van der Waals surface area contributed by atoms with Crippen molar-refractivity contribution in [1.82, 2.24) is 4.90 Å². The van der Waals surface area contributed by atoms with E-state index >= 15 is 0 Å². The van der Waals surface area contributed by atoms with Crippen LogP contribution < -0.4 is 0 Å². The lowest BCUT2D eigenvalue weighted by molar-refractivity contribution is -0.146. The average molecular weight is 289 g/mol. The molecule has 1 aromatic carbocycles. The molecule has 0 saturated carbocycles. The Kier molecular flexibility index (Phi) is 4.99. The summed E-state index contributed by atoms with van der Waals surface area (Å²) in [5.41, 5.74) is 2.35. The number of benzene rings is 1. The van der Waals surface area contributed by atoms with Crippen molar-refractivity contribution < 1.29 is 14.7 Å².